The van der Waals surface area contributed by atoms with E-state index in [9.17, 15) is 53.4 Å². The summed E-state index contributed by atoms with van der Waals surface area (Å²) in [6.07, 6.45) is 3.19. The highest BCUT2D eigenvalue weighted by molar-refractivity contribution is 6.35. The number of hydrogen-bond acceptors (Lipinski definition) is 21. The van der Waals surface area contributed by atoms with E-state index in [4.69, 9.17) is 26.3 Å². The number of anilines is 2. The lowest BCUT2D eigenvalue weighted by Crippen LogP contribution is -2.63. The number of nitrogens with zero attached hydrogens (tertiary/aromatic N) is 13. The second kappa shape index (κ2) is 47.6. The van der Waals surface area contributed by atoms with E-state index >= 15 is 23.6 Å². The van der Waals surface area contributed by atoms with E-state index in [2.05, 4.69) is 38.1 Å². The minimum atomic E-state index is -1.79. The first-order chi connectivity index (χ1) is 60.6. The number of nitrogens with one attached hydrogen (secondary N) is 5. The van der Waals surface area contributed by atoms with Crippen molar-refractivity contribution in [3.63, 3.8) is 0 Å². The SMILES string of the molecule is C=CC(O)N1CCN(c2nc(NCCC(=O)N3CCN(C(=O)CCC[C@@H](C)[C@@H](O)[C@H]4C(=O)N[C@@H](CC)C(=O)N(C)CC(=O)N(C)[C@@H](CC(C)C)C(=O)N[C@@H](C(C)C)C(=O)N(C)[C@@H](CC(C)C)C(=O)N[C@@H](C)C(=O)N[C@H](C)C(=O)N(C)[C@@H](CC(C)C)C(=O)N(C)[C@@H](CC(C)C)C(=O)N(C)[C@@H](C(C)C)C(=O)N4C)CC3)nc3c4c(c(Cl)cc23)-c2c(F)cccc2OC/C=C/4)CC1. The lowest BCUT2D eigenvalue weighted by Gasteiger charge is -2.41. The third-order valence-electron chi connectivity index (χ3n) is 25.0. The molecule has 5 heterocycles. The summed E-state index contributed by atoms with van der Waals surface area (Å²) < 4.78 is 21.8. The normalized spacial score (nSPS) is 24.1. The molecule has 4 aliphatic rings. The van der Waals surface area contributed by atoms with E-state index in [0.29, 0.717) is 59.8 Å². The van der Waals surface area contributed by atoms with Gasteiger partial charge >= 0.3 is 0 Å². The van der Waals surface area contributed by atoms with Gasteiger partial charge in [0.05, 0.1) is 28.8 Å². The fourth-order valence-corrected chi connectivity index (χ4v) is 17.5. The third kappa shape index (κ3) is 26.8. The van der Waals surface area contributed by atoms with Crippen LogP contribution in [0.5, 0.6) is 5.75 Å². The minimum Gasteiger partial charge on any atom is -0.489 e. The number of aliphatic hydroxyl groups excluding tert-OH is 2. The molecule has 0 saturated carbocycles. The summed E-state index contributed by atoms with van der Waals surface area (Å²) in [6.45, 7) is 33.9. The lowest BCUT2D eigenvalue weighted by atomic mass is 9.90. The summed E-state index contributed by atoms with van der Waals surface area (Å²) >= 11 is 7.10. The van der Waals surface area contributed by atoms with E-state index < -0.39 is 168 Å². The fourth-order valence-electron chi connectivity index (χ4n) is 17.2. The van der Waals surface area contributed by atoms with E-state index in [1.807, 2.05) is 60.3 Å². The highest BCUT2D eigenvalue weighted by Gasteiger charge is 2.47. The quantitative estimate of drug-likeness (QED) is 0.0499. The monoisotopic (exact) mass is 1820 g/mol. The molecule has 1 unspecified atom stereocenters. The molecule has 7 rings (SSSR count). The van der Waals surface area contributed by atoms with Crippen molar-refractivity contribution in [3.05, 3.63) is 59.4 Å². The predicted molar refractivity (Wildman–Crippen MR) is 494 cm³/mol. The Balaban J connectivity index is 1.14. The first kappa shape index (κ1) is 106. The van der Waals surface area contributed by atoms with Crippen molar-refractivity contribution in [2.75, 3.05) is 132 Å². The first-order valence-corrected chi connectivity index (χ1v) is 45.9. The van der Waals surface area contributed by atoms with Crippen LogP contribution in [0, 0.1) is 47.2 Å². The molecule has 0 bridgehead atoms. The molecule has 716 valence electrons. The Morgan fingerprint density at radius 3 is 1.66 bits per heavy atom. The van der Waals surface area contributed by atoms with Crippen LogP contribution in [0.4, 0.5) is 16.2 Å². The van der Waals surface area contributed by atoms with Gasteiger partial charge < -0.3 is 90.5 Å². The number of aromatic nitrogens is 2. The van der Waals surface area contributed by atoms with Gasteiger partial charge in [0.1, 0.15) is 90.6 Å². The average Bonchev–Trinajstić information content (AvgIpc) is 0.738. The van der Waals surface area contributed by atoms with Gasteiger partial charge in [-0.15, -0.1) is 0 Å². The molecule has 0 radical (unpaired) electrons. The number of halogens is 2. The fraction of sp³-hybridized carbons (Fsp3) is 0.667. The largest absolute Gasteiger partial charge is 0.489 e. The molecule has 3 fully saturated rings. The van der Waals surface area contributed by atoms with E-state index in [1.165, 1.54) is 99.8 Å². The smallest absolute Gasteiger partial charge is 0.246 e. The van der Waals surface area contributed by atoms with Gasteiger partial charge in [0.25, 0.3) is 0 Å². The zero-order valence-corrected chi connectivity index (χ0v) is 80.8. The Hall–Kier alpha value is -10.1. The van der Waals surface area contributed by atoms with E-state index in [-0.39, 0.29) is 149 Å². The molecule has 1 aromatic heterocycles. The number of carbonyl (C=O) groups is 13. The first-order valence-electron chi connectivity index (χ1n) is 45.5. The number of amides is 13. The van der Waals surface area contributed by atoms with Gasteiger partial charge in [0, 0.05) is 138 Å². The Bertz CT molecular complexity index is 4520. The van der Waals surface area contributed by atoms with Crippen molar-refractivity contribution in [2.45, 2.75) is 241 Å². The maximum atomic E-state index is 15.9. The number of benzene rings is 2. The van der Waals surface area contributed by atoms with Gasteiger partial charge in [-0.1, -0.05) is 127 Å². The minimum absolute atomic E-state index is 0.00910. The molecule has 7 N–H and O–H groups in total. The van der Waals surface area contributed by atoms with Gasteiger partial charge in [-0.05, 0) is 131 Å². The van der Waals surface area contributed by atoms with Gasteiger partial charge in [-0.3, -0.25) is 67.2 Å². The zero-order chi connectivity index (χ0) is 96.3. The molecular weight excluding hydrogens is 1680 g/mol. The van der Waals surface area contributed by atoms with Crippen LogP contribution in [0.25, 0.3) is 28.1 Å². The van der Waals surface area contributed by atoms with Gasteiger partial charge in [0.15, 0.2) is 0 Å². The summed E-state index contributed by atoms with van der Waals surface area (Å²) in [5.74, 6) is -10.8. The second-order valence-corrected chi connectivity index (χ2v) is 37.9. The van der Waals surface area contributed by atoms with Crippen LogP contribution in [-0.2, 0) is 62.3 Å². The number of likely N-dealkylation sites (N-methyl/N-ethyl adjacent to an activating group) is 7. The van der Waals surface area contributed by atoms with Crippen molar-refractivity contribution >= 4 is 117 Å². The second-order valence-electron chi connectivity index (χ2n) is 37.5. The molecule has 13 amide bonds. The Kier molecular flexibility index (Phi) is 39.1. The van der Waals surface area contributed by atoms with Crippen LogP contribution in [0.1, 0.15) is 174 Å². The third-order valence-corrected chi connectivity index (χ3v) is 25.3. The molecule has 3 aromatic rings. The van der Waals surface area contributed by atoms with Crippen molar-refractivity contribution < 1.29 is 81.7 Å². The van der Waals surface area contributed by atoms with Crippen LogP contribution < -0.4 is 36.2 Å². The van der Waals surface area contributed by atoms with Crippen molar-refractivity contribution in [1.29, 1.82) is 0 Å². The number of piperazine rings is 2. The summed E-state index contributed by atoms with van der Waals surface area (Å²) in [4.78, 5) is 218. The maximum absolute atomic E-state index is 15.9. The van der Waals surface area contributed by atoms with Crippen LogP contribution in [0.15, 0.2) is 43.0 Å². The molecular formula is C93H144ClFN18O16. The van der Waals surface area contributed by atoms with E-state index in [1.54, 1.807) is 81.7 Å². The maximum Gasteiger partial charge on any atom is 0.246 e. The molecule has 13 atom stereocenters. The van der Waals surface area contributed by atoms with Crippen LogP contribution in [0.2, 0.25) is 5.02 Å². The molecule has 2 aromatic carbocycles. The predicted octanol–water partition coefficient (Wildman–Crippen LogP) is 6.08. The van der Waals surface area contributed by atoms with Crippen molar-refractivity contribution in [3.8, 4) is 16.9 Å². The summed E-state index contributed by atoms with van der Waals surface area (Å²) in [5, 5.41) is 38.5. The van der Waals surface area contributed by atoms with E-state index in [0.717, 1.165) is 9.80 Å². The highest BCUT2D eigenvalue weighted by Crippen LogP contribution is 2.46. The molecule has 129 heavy (non-hydrogen) atoms. The molecule has 3 saturated heterocycles. The standard InChI is InChI=1S/C93H144ClFN18O16/c1-25-65-88(124)103(18)51-74(117)104(19)66(46-52(3)4)85(121)100-77(56(11)12)91(127)105(20)67(47-53(5)6)84(120)97-59(16)83(119)98-60(17)87(123)106(21)68(48-54(7)8)89(125)107(22)69(49-55(9)10)90(126)108(23)79(57(13)14)92(128)109(24)80(86(122)99-65)81(118)58(15)30-27-34-72(115)111-37-39-112(40-38-111)73(116)35-36-96-93-101-78-61-31-29-45-129-70-33-28-32-64(95)76(70)75(61)63(94)50-62(78)82(102-93)113-43-41-110(42-44-113)71(114)26-2/h26,28-29,31-33,50,52-60,65-69,71,77,79-81,114,118H,2,25,27,30,34-49,51H2,1,3-24H3,(H,97,120)(H,98,119)(H,99,122)(H,100,121)(H,96,101,102)/b31-29+/t58-,59+,60-,65+,66+,67+,68+,69+,71?,77+,79+,80+,81-/m1/s1. The molecule has 4 aliphatic heterocycles. The lowest BCUT2D eigenvalue weighted by molar-refractivity contribution is -0.157. The molecule has 34 nitrogen and oxygen atoms in total. The summed E-state index contributed by atoms with van der Waals surface area (Å²) in [6, 6.07) is -6.88. The average molecular weight is 1820 g/mol. The number of ether oxygens (including phenoxy) is 1. The molecule has 36 heteroatoms. The number of fused-ring (bicyclic) bond motifs is 5. The summed E-state index contributed by atoms with van der Waals surface area (Å²) in [7, 11) is 9.72. The van der Waals surface area contributed by atoms with Gasteiger partial charge in [-0.2, -0.15) is 4.98 Å². The molecule has 0 spiro atoms. The van der Waals surface area contributed by atoms with Crippen LogP contribution in [-0.4, -0.2) is 340 Å². The Labute approximate surface area is 765 Å². The molecule has 0 aliphatic carbocycles. The zero-order valence-electron chi connectivity index (χ0n) is 80.0. The Morgan fingerprint density at radius 2 is 1.11 bits per heavy atom. The van der Waals surface area contributed by atoms with Crippen molar-refractivity contribution in [2.24, 2.45) is 41.4 Å². The highest BCUT2D eigenvalue weighted by atomic mass is 35.5. The number of rotatable bonds is 24. The summed E-state index contributed by atoms with van der Waals surface area (Å²) in [5.41, 5.74) is 1.60. The number of carbonyl (C=O) groups excluding carboxylic acids is 13. The van der Waals surface area contributed by atoms with Crippen LogP contribution in [0.3, 0.4) is 0 Å². The Morgan fingerprint density at radius 1 is 0.589 bits per heavy atom. The number of hydrogen-bond donors (Lipinski definition) is 7. The van der Waals surface area contributed by atoms with Crippen LogP contribution >= 0.6 is 11.6 Å². The topological polar surface area (TPSA) is 393 Å². The van der Waals surface area contributed by atoms with Crippen molar-refractivity contribution in [1.82, 2.24) is 80.2 Å². The van der Waals surface area contributed by atoms with Gasteiger partial charge in [-0.25, -0.2) is 9.37 Å². The number of aliphatic hydroxyl groups is 2. The van der Waals surface area contributed by atoms with Gasteiger partial charge in [0.2, 0.25) is 82.7 Å².